The molecule has 1 saturated heterocycles. The van der Waals surface area contributed by atoms with Crippen molar-refractivity contribution in [1.29, 1.82) is 0 Å². The molecule has 0 unspecified atom stereocenters. The highest BCUT2D eigenvalue weighted by atomic mass is 79.9. The first-order chi connectivity index (χ1) is 14.8. The summed E-state index contributed by atoms with van der Waals surface area (Å²) in [5, 5.41) is 5.52. The standard InChI is InChI=1S/C21H24BrN3O4S2/c1-15-5-10-19(18(22)13-15)29-14-20(26)24-21(30)23-16-6-8-17(9-7-16)31(27,28)25-11-3-2-4-12-25/h5-10,13H,2-4,11-12,14H2,1H3,(H2,23,24,26,30). The number of sulfonamides is 1. The van der Waals surface area contributed by atoms with Gasteiger partial charge in [-0.1, -0.05) is 12.5 Å². The van der Waals surface area contributed by atoms with Crippen LogP contribution < -0.4 is 15.4 Å². The van der Waals surface area contributed by atoms with Crippen molar-refractivity contribution in [3.63, 3.8) is 0 Å². The van der Waals surface area contributed by atoms with Crippen LogP contribution in [0.1, 0.15) is 24.8 Å². The van der Waals surface area contributed by atoms with Crippen LogP contribution in [0.25, 0.3) is 0 Å². The molecule has 7 nitrogen and oxygen atoms in total. The summed E-state index contributed by atoms with van der Waals surface area (Å²) in [4.78, 5) is 12.3. The number of benzene rings is 2. The highest BCUT2D eigenvalue weighted by Crippen LogP contribution is 2.25. The Balaban J connectivity index is 1.51. The lowest BCUT2D eigenvalue weighted by Gasteiger charge is -2.25. The zero-order chi connectivity index (χ0) is 22.4. The van der Waals surface area contributed by atoms with Gasteiger partial charge < -0.3 is 10.1 Å². The predicted octanol–water partition coefficient (Wildman–Crippen LogP) is 3.82. The molecular formula is C21H24BrN3O4S2. The van der Waals surface area contributed by atoms with Crippen LogP contribution in [0.15, 0.2) is 51.8 Å². The molecule has 1 aliphatic rings. The number of hydrogen-bond acceptors (Lipinski definition) is 5. The molecule has 10 heteroatoms. The molecule has 0 radical (unpaired) electrons. The minimum absolute atomic E-state index is 0.100. The van der Waals surface area contributed by atoms with Crippen LogP contribution in [0.5, 0.6) is 5.75 Å². The summed E-state index contributed by atoms with van der Waals surface area (Å²) in [5.74, 6) is 0.152. The highest BCUT2D eigenvalue weighted by Gasteiger charge is 2.25. The molecule has 0 spiro atoms. The first kappa shape index (κ1) is 23.6. The quantitative estimate of drug-likeness (QED) is 0.557. The number of carbonyl (C=O) groups is 1. The Morgan fingerprint density at radius 2 is 1.81 bits per heavy atom. The Bertz CT molecular complexity index is 1050. The summed E-state index contributed by atoms with van der Waals surface area (Å²) < 4.78 is 33.2. The van der Waals surface area contributed by atoms with Crippen molar-refractivity contribution in [1.82, 2.24) is 9.62 Å². The molecule has 31 heavy (non-hydrogen) atoms. The summed E-state index contributed by atoms with van der Waals surface area (Å²) in [5.41, 5.74) is 1.65. The van der Waals surface area contributed by atoms with E-state index in [2.05, 4.69) is 26.6 Å². The van der Waals surface area contributed by atoms with Gasteiger partial charge in [-0.15, -0.1) is 0 Å². The smallest absolute Gasteiger partial charge is 0.264 e. The number of halogens is 1. The number of aryl methyl sites for hydroxylation is 1. The predicted molar refractivity (Wildman–Crippen MR) is 128 cm³/mol. The minimum Gasteiger partial charge on any atom is -0.483 e. The molecule has 0 aliphatic carbocycles. The lowest BCUT2D eigenvalue weighted by Crippen LogP contribution is -2.37. The molecule has 0 atom stereocenters. The van der Waals surface area contributed by atoms with E-state index in [1.54, 1.807) is 18.2 Å². The molecule has 1 amide bonds. The van der Waals surface area contributed by atoms with Crippen molar-refractivity contribution >= 4 is 54.9 Å². The number of thiocarbonyl (C=S) groups is 1. The van der Waals surface area contributed by atoms with Gasteiger partial charge in [0.1, 0.15) is 5.75 Å². The fraction of sp³-hybridized carbons (Fsp3) is 0.333. The number of carbonyl (C=O) groups excluding carboxylic acids is 1. The molecule has 0 saturated carbocycles. The van der Waals surface area contributed by atoms with E-state index in [1.165, 1.54) is 16.4 Å². The van der Waals surface area contributed by atoms with Gasteiger partial charge in [0.05, 0.1) is 9.37 Å². The topological polar surface area (TPSA) is 87.7 Å². The van der Waals surface area contributed by atoms with E-state index in [-0.39, 0.29) is 16.6 Å². The third kappa shape index (κ3) is 6.49. The fourth-order valence-corrected chi connectivity index (χ4v) is 5.51. The maximum Gasteiger partial charge on any atom is 0.264 e. The lowest BCUT2D eigenvalue weighted by atomic mass is 10.2. The van der Waals surface area contributed by atoms with Gasteiger partial charge in [-0.2, -0.15) is 4.31 Å². The van der Waals surface area contributed by atoms with Gasteiger partial charge in [0, 0.05) is 18.8 Å². The van der Waals surface area contributed by atoms with E-state index in [0.717, 1.165) is 29.3 Å². The summed E-state index contributed by atoms with van der Waals surface area (Å²) in [6.45, 7) is 2.87. The average Bonchev–Trinajstić information content (AvgIpc) is 2.74. The van der Waals surface area contributed by atoms with E-state index >= 15 is 0 Å². The number of rotatable bonds is 6. The van der Waals surface area contributed by atoms with Gasteiger partial charge in [0.2, 0.25) is 10.0 Å². The lowest BCUT2D eigenvalue weighted by molar-refractivity contribution is -0.121. The summed E-state index contributed by atoms with van der Waals surface area (Å²) >= 11 is 8.56. The molecule has 0 aromatic heterocycles. The van der Waals surface area contributed by atoms with Crippen molar-refractivity contribution in [2.24, 2.45) is 0 Å². The number of hydrogen-bond donors (Lipinski definition) is 2. The Morgan fingerprint density at radius 1 is 1.13 bits per heavy atom. The van der Waals surface area contributed by atoms with Crippen LogP contribution in [0, 0.1) is 6.92 Å². The van der Waals surface area contributed by atoms with Crippen molar-refractivity contribution < 1.29 is 17.9 Å². The molecule has 1 aliphatic heterocycles. The monoisotopic (exact) mass is 525 g/mol. The molecule has 166 valence electrons. The van der Waals surface area contributed by atoms with Crippen molar-refractivity contribution in [2.45, 2.75) is 31.1 Å². The summed E-state index contributed by atoms with van der Waals surface area (Å²) in [7, 11) is -3.48. The fourth-order valence-electron chi connectivity index (χ4n) is 3.16. The molecule has 2 aromatic rings. The second-order valence-electron chi connectivity index (χ2n) is 7.21. The number of piperidine rings is 1. The normalized spacial score (nSPS) is 14.6. The molecule has 1 heterocycles. The second-order valence-corrected chi connectivity index (χ2v) is 10.4. The van der Waals surface area contributed by atoms with E-state index in [4.69, 9.17) is 17.0 Å². The van der Waals surface area contributed by atoms with Gasteiger partial charge in [-0.05, 0) is 89.9 Å². The van der Waals surface area contributed by atoms with Crippen LogP contribution in [-0.2, 0) is 14.8 Å². The summed E-state index contributed by atoms with van der Waals surface area (Å²) in [6, 6.07) is 11.9. The first-order valence-corrected chi connectivity index (χ1v) is 12.5. The first-order valence-electron chi connectivity index (χ1n) is 9.86. The number of amides is 1. The van der Waals surface area contributed by atoms with Crippen molar-refractivity contribution in [2.75, 3.05) is 25.0 Å². The van der Waals surface area contributed by atoms with Crippen LogP contribution in [0.4, 0.5) is 5.69 Å². The Morgan fingerprint density at radius 3 is 2.45 bits per heavy atom. The second kappa shape index (κ2) is 10.5. The Hall–Kier alpha value is -2.01. The number of anilines is 1. The largest absolute Gasteiger partial charge is 0.483 e. The Kier molecular flexibility index (Phi) is 8.04. The van der Waals surface area contributed by atoms with Crippen LogP contribution in [-0.4, -0.2) is 43.4 Å². The van der Waals surface area contributed by atoms with Crippen LogP contribution >= 0.6 is 28.1 Å². The highest BCUT2D eigenvalue weighted by molar-refractivity contribution is 9.10. The summed E-state index contributed by atoms with van der Waals surface area (Å²) in [6.07, 6.45) is 2.83. The van der Waals surface area contributed by atoms with Gasteiger partial charge in [-0.3, -0.25) is 10.1 Å². The number of ether oxygens (including phenoxy) is 1. The van der Waals surface area contributed by atoms with Gasteiger partial charge in [-0.25, -0.2) is 8.42 Å². The maximum atomic E-state index is 12.7. The SMILES string of the molecule is Cc1ccc(OCC(=O)NC(=S)Nc2ccc(S(=O)(=O)N3CCCCC3)cc2)c(Br)c1. The van der Waals surface area contributed by atoms with Crippen molar-refractivity contribution in [3.8, 4) is 5.75 Å². The molecule has 2 N–H and O–H groups in total. The number of nitrogens with zero attached hydrogens (tertiary/aromatic N) is 1. The molecule has 3 rings (SSSR count). The van der Waals surface area contributed by atoms with Gasteiger partial charge in [0.25, 0.3) is 5.91 Å². The van der Waals surface area contributed by atoms with Crippen LogP contribution in [0.2, 0.25) is 0 Å². The van der Waals surface area contributed by atoms with E-state index < -0.39 is 15.9 Å². The average molecular weight is 526 g/mol. The van der Waals surface area contributed by atoms with Gasteiger partial charge in [0.15, 0.2) is 11.7 Å². The number of nitrogens with one attached hydrogen (secondary N) is 2. The van der Waals surface area contributed by atoms with Crippen molar-refractivity contribution in [3.05, 3.63) is 52.5 Å². The third-order valence-corrected chi connectivity index (χ3v) is 7.50. The molecular weight excluding hydrogens is 502 g/mol. The van der Waals surface area contributed by atoms with E-state index in [9.17, 15) is 13.2 Å². The molecule has 1 fully saturated rings. The van der Waals surface area contributed by atoms with Gasteiger partial charge >= 0.3 is 0 Å². The molecule has 2 aromatic carbocycles. The third-order valence-electron chi connectivity index (χ3n) is 4.76. The maximum absolute atomic E-state index is 12.7. The zero-order valence-electron chi connectivity index (χ0n) is 17.1. The van der Waals surface area contributed by atoms with Crippen LogP contribution in [0.3, 0.4) is 0 Å². The zero-order valence-corrected chi connectivity index (χ0v) is 20.3. The van der Waals surface area contributed by atoms with E-state index in [0.29, 0.717) is 24.5 Å². The van der Waals surface area contributed by atoms with E-state index in [1.807, 2.05) is 19.1 Å². The molecule has 0 bridgehead atoms. The Labute approximate surface area is 196 Å². The minimum atomic E-state index is -3.48.